The number of aliphatic hydroxyl groups is 2. The molecule has 4 unspecified atom stereocenters. The van der Waals surface area contributed by atoms with E-state index in [-0.39, 0.29) is 37.7 Å². The maximum atomic E-state index is 10.5. The van der Waals surface area contributed by atoms with Crippen LogP contribution in [-0.2, 0) is 28.7 Å². The summed E-state index contributed by atoms with van der Waals surface area (Å²) < 4.78 is 8.44. The molecule has 23 heavy (non-hydrogen) atoms. The molecule has 0 aliphatic carbocycles. The van der Waals surface area contributed by atoms with E-state index < -0.39 is 48.3 Å². The molecular formula is C12H18CaO10. The maximum Gasteiger partial charge on any atom is 2.00 e. The summed E-state index contributed by atoms with van der Waals surface area (Å²) in [6.45, 7) is 4.67. The van der Waals surface area contributed by atoms with Crippen molar-refractivity contribution in [2.75, 3.05) is 0 Å². The Morgan fingerprint density at radius 2 is 0.957 bits per heavy atom. The summed E-state index contributed by atoms with van der Waals surface area (Å²) in [5.41, 5.74) is 0. The zero-order valence-corrected chi connectivity index (χ0v) is 15.4. The van der Waals surface area contributed by atoms with Gasteiger partial charge in [-0.1, -0.05) is 0 Å². The van der Waals surface area contributed by atoms with Crippen LogP contribution in [0.15, 0.2) is 0 Å². The fraction of sp³-hybridized carbons (Fsp3) is 0.667. The van der Waals surface area contributed by atoms with E-state index in [9.17, 15) is 29.4 Å². The molecule has 0 aliphatic heterocycles. The van der Waals surface area contributed by atoms with Crippen LogP contribution in [0.3, 0.4) is 0 Å². The van der Waals surface area contributed by atoms with Crippen molar-refractivity contribution in [3.63, 3.8) is 0 Å². The molecule has 0 saturated heterocycles. The van der Waals surface area contributed by atoms with Gasteiger partial charge >= 0.3 is 49.7 Å². The number of rotatable bonds is 6. The van der Waals surface area contributed by atoms with Gasteiger partial charge in [-0.3, -0.25) is 0 Å². The molecule has 128 valence electrons. The number of esters is 2. The Morgan fingerprint density at radius 3 is 1.09 bits per heavy atom. The summed E-state index contributed by atoms with van der Waals surface area (Å²) >= 11 is 0. The van der Waals surface area contributed by atoms with Crippen LogP contribution < -0.4 is 10.2 Å². The predicted octanol–water partition coefficient (Wildman–Crippen LogP) is -4.28. The van der Waals surface area contributed by atoms with Gasteiger partial charge in [0.15, 0.2) is 0 Å². The second-order valence-electron chi connectivity index (χ2n) is 4.15. The van der Waals surface area contributed by atoms with E-state index in [1.807, 2.05) is 0 Å². The summed E-state index contributed by atoms with van der Waals surface area (Å²) in [5.74, 6) is -4.92. The fourth-order valence-corrected chi connectivity index (χ4v) is 0.642. The number of hydrogen-bond donors (Lipinski definition) is 2. The van der Waals surface area contributed by atoms with Crippen molar-refractivity contribution >= 4 is 61.6 Å². The number of carbonyl (C=O) groups is 4. The Kier molecular flexibility index (Phi) is 15.8. The van der Waals surface area contributed by atoms with Crippen molar-refractivity contribution in [3.05, 3.63) is 0 Å². The predicted molar refractivity (Wildman–Crippen MR) is 70.2 cm³/mol. The molecule has 11 heteroatoms. The summed E-state index contributed by atoms with van der Waals surface area (Å²) in [7, 11) is 0. The third-order valence-electron chi connectivity index (χ3n) is 1.93. The summed E-state index contributed by atoms with van der Waals surface area (Å²) in [6.07, 6.45) is -5.26. The molecule has 0 aromatic heterocycles. The molecule has 4 atom stereocenters. The second-order valence-corrected chi connectivity index (χ2v) is 4.15. The minimum Gasteiger partial charge on any atom is -0.546 e. The van der Waals surface area contributed by atoms with E-state index in [0.717, 1.165) is 13.8 Å². The number of carboxylic acids is 2. The van der Waals surface area contributed by atoms with Crippen LogP contribution in [0.2, 0.25) is 0 Å². The van der Waals surface area contributed by atoms with E-state index in [1.54, 1.807) is 0 Å². The first-order chi connectivity index (χ1) is 9.89. The van der Waals surface area contributed by atoms with E-state index in [4.69, 9.17) is 10.2 Å². The van der Waals surface area contributed by atoms with E-state index in [2.05, 4.69) is 9.47 Å². The van der Waals surface area contributed by atoms with Gasteiger partial charge < -0.3 is 39.5 Å². The molecule has 0 heterocycles. The molecule has 2 N–H and O–H groups in total. The van der Waals surface area contributed by atoms with Gasteiger partial charge in [-0.05, 0) is 27.7 Å². The van der Waals surface area contributed by atoms with Crippen LogP contribution in [0.5, 0.6) is 0 Å². The van der Waals surface area contributed by atoms with Crippen molar-refractivity contribution in [2.24, 2.45) is 0 Å². The molecule has 0 rings (SSSR count). The smallest absolute Gasteiger partial charge is 0.546 e. The summed E-state index contributed by atoms with van der Waals surface area (Å²) in [6, 6.07) is 0. The molecule has 0 fully saturated rings. The fourth-order valence-electron chi connectivity index (χ4n) is 0.642. The molecule has 0 aromatic carbocycles. The Bertz CT molecular complexity index is 369. The number of aliphatic carboxylic acids is 2. The Morgan fingerprint density at radius 1 is 0.739 bits per heavy atom. The first-order valence-electron chi connectivity index (χ1n) is 6.08. The van der Waals surface area contributed by atoms with Crippen LogP contribution >= 0.6 is 0 Å². The van der Waals surface area contributed by atoms with Crippen molar-refractivity contribution in [1.82, 2.24) is 0 Å². The standard InChI is InChI=1S/2C6H10O5.Ca/c2*1-3(7)6(10)11-4(2)5(8)9;/h2*3-4,7H,1-2H3,(H,8,9);/q;;+2/p-2. The van der Waals surface area contributed by atoms with Crippen molar-refractivity contribution < 1.29 is 49.1 Å². The maximum absolute atomic E-state index is 10.5. The molecule has 0 radical (unpaired) electrons. The minimum absolute atomic E-state index is 0. The van der Waals surface area contributed by atoms with Gasteiger partial charge in [0.1, 0.15) is 24.4 Å². The molecular weight excluding hydrogens is 344 g/mol. The normalized spacial score (nSPS) is 14.5. The van der Waals surface area contributed by atoms with Gasteiger partial charge in [-0.2, -0.15) is 0 Å². The molecule has 0 amide bonds. The van der Waals surface area contributed by atoms with Gasteiger partial charge in [-0.25, -0.2) is 9.59 Å². The van der Waals surface area contributed by atoms with Crippen LogP contribution in [0.4, 0.5) is 0 Å². The average molecular weight is 362 g/mol. The molecule has 0 aromatic rings. The molecule has 0 aliphatic rings. The number of aliphatic hydroxyl groups excluding tert-OH is 2. The molecule has 0 saturated carbocycles. The number of carbonyl (C=O) groups excluding carboxylic acids is 4. The van der Waals surface area contributed by atoms with Crippen molar-refractivity contribution in [3.8, 4) is 0 Å². The Labute approximate surface area is 162 Å². The number of carboxylic acid groups (broad SMARTS) is 2. The number of hydrogen-bond acceptors (Lipinski definition) is 10. The zero-order chi connectivity index (χ0) is 18.0. The third-order valence-corrected chi connectivity index (χ3v) is 1.93. The third kappa shape index (κ3) is 14.4. The Hall–Kier alpha value is -0.940. The zero-order valence-electron chi connectivity index (χ0n) is 13.2. The van der Waals surface area contributed by atoms with E-state index >= 15 is 0 Å². The van der Waals surface area contributed by atoms with Gasteiger partial charge in [0.25, 0.3) is 0 Å². The quantitative estimate of drug-likeness (QED) is 0.347. The van der Waals surface area contributed by atoms with E-state index in [1.165, 1.54) is 13.8 Å². The van der Waals surface area contributed by atoms with E-state index in [0.29, 0.717) is 0 Å². The topological polar surface area (TPSA) is 173 Å². The van der Waals surface area contributed by atoms with Crippen LogP contribution in [0.25, 0.3) is 0 Å². The first-order valence-corrected chi connectivity index (χ1v) is 6.08. The van der Waals surface area contributed by atoms with Gasteiger partial charge in [0.2, 0.25) is 0 Å². The molecule has 0 bridgehead atoms. The van der Waals surface area contributed by atoms with Gasteiger partial charge in [0, 0.05) is 0 Å². The minimum atomic E-state index is -1.49. The first kappa shape index (κ1) is 26.9. The average Bonchev–Trinajstić information content (AvgIpc) is 2.38. The SMILES string of the molecule is CC(O)C(=O)OC(C)C(=O)[O-].CC(O)C(=O)OC(C)C(=O)[O-].[Ca+2]. The van der Waals surface area contributed by atoms with Gasteiger partial charge in [-0.15, -0.1) is 0 Å². The van der Waals surface area contributed by atoms with Crippen molar-refractivity contribution in [2.45, 2.75) is 52.1 Å². The van der Waals surface area contributed by atoms with Crippen molar-refractivity contribution in [1.29, 1.82) is 0 Å². The monoisotopic (exact) mass is 362 g/mol. The van der Waals surface area contributed by atoms with Crippen LogP contribution in [-0.4, -0.2) is 96.2 Å². The van der Waals surface area contributed by atoms with Crippen LogP contribution in [0, 0.1) is 0 Å². The molecule has 0 spiro atoms. The number of ether oxygens (including phenoxy) is 2. The summed E-state index contributed by atoms with van der Waals surface area (Å²) in [5, 5.41) is 37.1. The largest absolute Gasteiger partial charge is 2.00 e. The summed E-state index contributed by atoms with van der Waals surface area (Å²) in [4.78, 5) is 41.0. The molecule has 10 nitrogen and oxygen atoms in total. The van der Waals surface area contributed by atoms with Gasteiger partial charge in [0.05, 0.1) is 11.9 Å². The second kappa shape index (κ2) is 13.5. The van der Waals surface area contributed by atoms with Crippen LogP contribution in [0.1, 0.15) is 27.7 Å². The Balaban J connectivity index is -0.000000333.